The number of methoxy groups -OCH3 is 1. The predicted octanol–water partition coefficient (Wildman–Crippen LogP) is -1.17. The van der Waals surface area contributed by atoms with E-state index in [1.165, 1.54) is 13.0 Å². The van der Waals surface area contributed by atoms with Crippen LogP contribution in [0.5, 0.6) is 0 Å². The van der Waals surface area contributed by atoms with Crippen molar-refractivity contribution in [3.05, 3.63) is 0 Å². The fourth-order valence-electron chi connectivity index (χ4n) is 2.09. The molecule has 0 bridgehead atoms. The van der Waals surface area contributed by atoms with Crippen LogP contribution in [0.4, 0.5) is 0 Å². The van der Waals surface area contributed by atoms with Crippen molar-refractivity contribution < 1.29 is 24.5 Å². The highest BCUT2D eigenvalue weighted by Crippen LogP contribution is 2.20. The topological polar surface area (TPSA) is 99.1 Å². The van der Waals surface area contributed by atoms with Gasteiger partial charge in [-0.1, -0.05) is 0 Å². The Hall–Kier alpha value is -1.18. The van der Waals surface area contributed by atoms with Crippen LogP contribution in [0.3, 0.4) is 0 Å². The molecule has 0 aromatic rings. The van der Waals surface area contributed by atoms with Crippen LogP contribution in [-0.4, -0.2) is 72.5 Å². The largest absolute Gasteiger partial charge is 0.473 e. The Morgan fingerprint density at radius 3 is 2.47 bits per heavy atom. The van der Waals surface area contributed by atoms with Gasteiger partial charge >= 0.3 is 11.9 Å². The number of nitrogens with one attached hydrogen (secondary N) is 1. The van der Waals surface area contributed by atoms with Crippen molar-refractivity contribution in [2.75, 3.05) is 33.3 Å². The van der Waals surface area contributed by atoms with E-state index < -0.39 is 11.9 Å². The summed E-state index contributed by atoms with van der Waals surface area (Å²) in [6.07, 6.45) is 1.70. The van der Waals surface area contributed by atoms with Gasteiger partial charge in [0.25, 0.3) is 0 Å². The number of nitrogens with zero attached hydrogens (tertiary/aromatic N) is 1. The minimum absolute atomic E-state index is 0.486. The first-order valence-corrected chi connectivity index (χ1v) is 5.48. The molecule has 0 spiro atoms. The van der Waals surface area contributed by atoms with Crippen molar-refractivity contribution in [2.24, 2.45) is 0 Å². The molecule has 0 aromatic carbocycles. The van der Waals surface area contributed by atoms with Gasteiger partial charge in [0.15, 0.2) is 0 Å². The number of fused-ring (bicyclic) bond motifs is 1. The Bertz CT molecular complexity index is 258. The molecular formula is C10H18N2O5. The molecule has 2 saturated heterocycles. The monoisotopic (exact) mass is 246 g/mol. The van der Waals surface area contributed by atoms with Crippen LogP contribution in [0.2, 0.25) is 0 Å². The number of carbonyl (C=O) groups is 2. The highest BCUT2D eigenvalue weighted by atomic mass is 16.5. The van der Waals surface area contributed by atoms with Crippen LogP contribution in [0.1, 0.15) is 6.42 Å². The summed E-state index contributed by atoms with van der Waals surface area (Å²) >= 11 is 0. The maximum Gasteiger partial charge on any atom is 0.414 e. The van der Waals surface area contributed by atoms with Gasteiger partial charge in [-0.3, -0.25) is 4.90 Å². The van der Waals surface area contributed by atoms with Gasteiger partial charge in [-0.25, -0.2) is 9.59 Å². The molecule has 2 aliphatic heterocycles. The third-order valence-electron chi connectivity index (χ3n) is 2.96. The summed E-state index contributed by atoms with van der Waals surface area (Å²) in [6, 6.07) is 0.744. The first kappa shape index (κ1) is 13.9. The zero-order valence-corrected chi connectivity index (χ0v) is 9.76. The molecular weight excluding hydrogens is 228 g/mol. The Labute approximate surface area is 99.4 Å². The lowest BCUT2D eigenvalue weighted by molar-refractivity contribution is -0.159. The van der Waals surface area contributed by atoms with Crippen molar-refractivity contribution in [1.29, 1.82) is 0 Å². The van der Waals surface area contributed by atoms with Gasteiger partial charge in [-0.15, -0.1) is 0 Å². The molecule has 0 aliphatic carbocycles. The highest BCUT2D eigenvalue weighted by Gasteiger charge is 2.33. The molecule has 0 aromatic heterocycles. The van der Waals surface area contributed by atoms with Crippen LogP contribution < -0.4 is 5.32 Å². The molecule has 7 heteroatoms. The average molecular weight is 246 g/mol. The number of aliphatic carboxylic acids is 2. The van der Waals surface area contributed by atoms with Crippen molar-refractivity contribution in [2.45, 2.75) is 18.6 Å². The number of carboxylic acid groups (broad SMARTS) is 2. The molecule has 0 saturated carbocycles. The van der Waals surface area contributed by atoms with E-state index in [4.69, 9.17) is 24.5 Å². The smallest absolute Gasteiger partial charge is 0.414 e. The van der Waals surface area contributed by atoms with E-state index in [2.05, 4.69) is 10.2 Å². The summed E-state index contributed by atoms with van der Waals surface area (Å²) < 4.78 is 5.33. The molecule has 3 N–H and O–H groups in total. The van der Waals surface area contributed by atoms with Crippen LogP contribution in [0.25, 0.3) is 0 Å². The number of ether oxygens (including phenoxy) is 1. The third kappa shape index (κ3) is 4.29. The number of hydrogen-bond donors (Lipinski definition) is 3. The summed E-state index contributed by atoms with van der Waals surface area (Å²) in [5.74, 6) is -3.65. The fraction of sp³-hybridized carbons (Fsp3) is 0.800. The lowest BCUT2D eigenvalue weighted by Crippen LogP contribution is -2.47. The molecule has 0 radical (unpaired) electrons. The van der Waals surface area contributed by atoms with E-state index >= 15 is 0 Å². The number of rotatable bonds is 1. The van der Waals surface area contributed by atoms with Gasteiger partial charge in [0.05, 0.1) is 6.10 Å². The Kier molecular flexibility index (Phi) is 5.33. The van der Waals surface area contributed by atoms with Crippen molar-refractivity contribution in [3.63, 3.8) is 0 Å². The average Bonchev–Trinajstić information content (AvgIpc) is 2.72. The van der Waals surface area contributed by atoms with Crippen LogP contribution in [0.15, 0.2) is 0 Å². The number of piperazine rings is 1. The van der Waals surface area contributed by atoms with Crippen molar-refractivity contribution >= 4 is 11.9 Å². The van der Waals surface area contributed by atoms with Gasteiger partial charge in [-0.05, 0) is 6.42 Å². The van der Waals surface area contributed by atoms with Gasteiger partial charge < -0.3 is 20.3 Å². The van der Waals surface area contributed by atoms with E-state index in [0.717, 1.165) is 25.7 Å². The first-order valence-electron chi connectivity index (χ1n) is 5.48. The summed E-state index contributed by atoms with van der Waals surface area (Å²) in [4.78, 5) is 20.7. The second-order valence-electron chi connectivity index (χ2n) is 4.06. The zero-order chi connectivity index (χ0) is 12.8. The summed E-state index contributed by atoms with van der Waals surface area (Å²) in [5, 5.41) is 18.2. The maximum atomic E-state index is 9.10. The SMILES string of the molecule is CO[C@H]1C[C@@H]2CNCCN2C1.O=C(O)C(=O)O. The minimum atomic E-state index is -1.82. The molecule has 2 fully saturated rings. The van der Waals surface area contributed by atoms with Crippen molar-refractivity contribution in [1.82, 2.24) is 10.2 Å². The highest BCUT2D eigenvalue weighted by molar-refractivity contribution is 6.27. The van der Waals surface area contributed by atoms with Crippen LogP contribution >= 0.6 is 0 Å². The second-order valence-corrected chi connectivity index (χ2v) is 4.06. The lowest BCUT2D eigenvalue weighted by Gasteiger charge is -2.29. The number of carboxylic acids is 2. The van der Waals surface area contributed by atoms with E-state index in [9.17, 15) is 0 Å². The van der Waals surface area contributed by atoms with E-state index in [1.807, 2.05) is 7.11 Å². The van der Waals surface area contributed by atoms with Crippen LogP contribution in [0, 0.1) is 0 Å². The van der Waals surface area contributed by atoms with Gasteiger partial charge in [-0.2, -0.15) is 0 Å². The van der Waals surface area contributed by atoms with E-state index in [0.29, 0.717) is 6.10 Å². The molecule has 7 nitrogen and oxygen atoms in total. The molecule has 2 atom stereocenters. The fourth-order valence-corrected chi connectivity index (χ4v) is 2.09. The van der Waals surface area contributed by atoms with Gasteiger partial charge in [0, 0.05) is 39.3 Å². The Morgan fingerprint density at radius 2 is 2.00 bits per heavy atom. The Balaban J connectivity index is 0.000000209. The second kappa shape index (κ2) is 6.53. The van der Waals surface area contributed by atoms with E-state index in [-0.39, 0.29) is 0 Å². The zero-order valence-electron chi connectivity index (χ0n) is 9.76. The summed E-state index contributed by atoms with van der Waals surface area (Å²) in [6.45, 7) is 4.64. The van der Waals surface area contributed by atoms with E-state index in [1.54, 1.807) is 0 Å². The maximum absolute atomic E-state index is 9.10. The molecule has 0 amide bonds. The summed E-state index contributed by atoms with van der Waals surface area (Å²) in [7, 11) is 1.82. The molecule has 17 heavy (non-hydrogen) atoms. The predicted molar refractivity (Wildman–Crippen MR) is 58.9 cm³/mol. The minimum Gasteiger partial charge on any atom is -0.473 e. The first-order chi connectivity index (χ1) is 8.04. The van der Waals surface area contributed by atoms with Crippen LogP contribution in [-0.2, 0) is 14.3 Å². The molecule has 2 rings (SSSR count). The summed E-state index contributed by atoms with van der Waals surface area (Å²) in [5.41, 5.74) is 0. The third-order valence-corrected chi connectivity index (χ3v) is 2.96. The number of hydrogen-bond acceptors (Lipinski definition) is 5. The van der Waals surface area contributed by atoms with Crippen molar-refractivity contribution in [3.8, 4) is 0 Å². The molecule has 2 heterocycles. The molecule has 2 aliphatic rings. The standard InChI is InChI=1S/C8H16N2O.C2H2O4/c1-11-8-4-7-5-9-2-3-10(7)6-8;3-1(4)2(5)6/h7-9H,2-6H2,1H3;(H,3,4)(H,5,6)/t7-,8+;/m1./s1. The normalized spacial score (nSPS) is 27.8. The van der Waals surface area contributed by atoms with Gasteiger partial charge in [0.1, 0.15) is 0 Å². The lowest BCUT2D eigenvalue weighted by atomic mass is 10.2. The molecule has 98 valence electrons. The Morgan fingerprint density at radius 1 is 1.35 bits per heavy atom. The molecule has 0 unspecified atom stereocenters. The van der Waals surface area contributed by atoms with Gasteiger partial charge in [0.2, 0.25) is 0 Å². The quantitative estimate of drug-likeness (QED) is 0.501.